The van der Waals surface area contributed by atoms with Crippen LogP contribution in [0.5, 0.6) is 0 Å². The fourth-order valence-corrected chi connectivity index (χ4v) is 5.14. The molecule has 0 aliphatic carbocycles. The highest BCUT2D eigenvalue weighted by Crippen LogP contribution is 2.19. The Morgan fingerprint density at radius 1 is 0.727 bits per heavy atom. The van der Waals surface area contributed by atoms with Crippen LogP contribution in [0, 0.1) is 0 Å². The molecule has 0 atom stereocenters. The second-order valence-electron chi connectivity index (χ2n) is 6.25. The molecule has 2 rings (SSSR count). The Hall–Kier alpha value is -0.180. The minimum atomic E-state index is -2.88. The van der Waals surface area contributed by atoms with E-state index >= 15 is 0 Å². The van der Waals surface area contributed by atoms with Gasteiger partial charge in [0, 0.05) is 13.2 Å². The minimum absolute atomic E-state index is 0.161. The van der Waals surface area contributed by atoms with Gasteiger partial charge in [0.15, 0.2) is 19.7 Å². The van der Waals surface area contributed by atoms with E-state index in [-0.39, 0.29) is 21.0 Å². The van der Waals surface area contributed by atoms with Crippen LogP contribution in [0.4, 0.5) is 0 Å². The van der Waals surface area contributed by atoms with Crippen LogP contribution in [0.15, 0.2) is 0 Å². The summed E-state index contributed by atoms with van der Waals surface area (Å²) < 4.78 is 55.6. The maximum absolute atomic E-state index is 11.6. The molecule has 0 saturated carbocycles. The second kappa shape index (κ2) is 8.08. The van der Waals surface area contributed by atoms with Gasteiger partial charge >= 0.3 is 0 Å². The molecule has 0 radical (unpaired) electrons. The minimum Gasteiger partial charge on any atom is -0.381 e. The first kappa shape index (κ1) is 19.9. The van der Waals surface area contributed by atoms with Gasteiger partial charge in [-0.1, -0.05) is 0 Å². The highest BCUT2D eigenvalue weighted by Gasteiger charge is 2.34. The highest BCUT2D eigenvalue weighted by atomic mass is 32.2. The molecule has 0 unspecified atom stereocenters. The van der Waals surface area contributed by atoms with Crippen molar-refractivity contribution in [2.75, 3.05) is 26.4 Å². The second-order valence-corrected chi connectivity index (χ2v) is 11.8. The summed E-state index contributed by atoms with van der Waals surface area (Å²) in [7, 11) is -5.75. The Bertz CT molecular complexity index is 526. The fourth-order valence-electron chi connectivity index (χ4n) is 2.18. The van der Waals surface area contributed by atoms with E-state index in [4.69, 9.17) is 9.47 Å². The molecule has 0 bridgehead atoms. The van der Waals surface area contributed by atoms with Crippen LogP contribution in [-0.2, 0) is 29.1 Å². The van der Waals surface area contributed by atoms with Gasteiger partial charge in [-0.05, 0) is 40.5 Å². The zero-order valence-corrected chi connectivity index (χ0v) is 15.5. The van der Waals surface area contributed by atoms with Crippen LogP contribution < -0.4 is 0 Å². The number of hydrogen-bond acceptors (Lipinski definition) is 6. The van der Waals surface area contributed by atoms with E-state index < -0.39 is 19.7 Å². The normalized spacial score (nSPS) is 21.4. The average Bonchev–Trinajstić information content (AvgIpc) is 2.37. The smallest absolute Gasteiger partial charge is 0.160 e. The van der Waals surface area contributed by atoms with E-state index in [0.29, 0.717) is 39.3 Å². The van der Waals surface area contributed by atoms with Gasteiger partial charge in [-0.15, -0.1) is 0 Å². The lowest BCUT2D eigenvalue weighted by Gasteiger charge is -2.27. The summed E-state index contributed by atoms with van der Waals surface area (Å²) in [5.74, 6) is 0. The molecule has 0 amide bonds. The molecule has 132 valence electrons. The monoisotopic (exact) mass is 356 g/mol. The zero-order chi connectivity index (χ0) is 17.0. The van der Waals surface area contributed by atoms with Crippen LogP contribution in [-0.4, -0.2) is 64.3 Å². The van der Waals surface area contributed by atoms with Crippen molar-refractivity contribution in [3.05, 3.63) is 0 Å². The topological polar surface area (TPSA) is 86.7 Å². The third-order valence-corrected chi connectivity index (χ3v) is 9.25. The molecule has 0 aromatic rings. The van der Waals surface area contributed by atoms with Crippen LogP contribution in [0.25, 0.3) is 0 Å². The molecule has 2 aliphatic heterocycles. The van der Waals surface area contributed by atoms with Gasteiger partial charge in [0.25, 0.3) is 0 Å². The number of sulfone groups is 2. The molecule has 2 heterocycles. The molecule has 2 aliphatic rings. The molecule has 0 N–H and O–H groups in total. The Morgan fingerprint density at radius 2 is 1.14 bits per heavy atom. The predicted molar refractivity (Wildman–Crippen MR) is 86.6 cm³/mol. The van der Waals surface area contributed by atoms with Gasteiger partial charge in [-0.25, -0.2) is 16.8 Å². The molecule has 0 spiro atoms. The Labute approximate surface area is 134 Å². The van der Waals surface area contributed by atoms with Crippen LogP contribution in [0.3, 0.4) is 0 Å². The quantitative estimate of drug-likeness (QED) is 0.752. The Balaban J connectivity index is 0.000000224. The van der Waals surface area contributed by atoms with Crippen molar-refractivity contribution in [3.63, 3.8) is 0 Å². The fraction of sp³-hybridized carbons (Fsp3) is 1.00. The van der Waals surface area contributed by atoms with Crippen molar-refractivity contribution in [1.29, 1.82) is 0 Å². The Kier molecular flexibility index (Phi) is 7.29. The summed E-state index contributed by atoms with van der Waals surface area (Å²) in [6.45, 7) is 8.85. The summed E-state index contributed by atoms with van der Waals surface area (Å²) in [6.07, 6.45) is 1.33. The summed E-state index contributed by atoms with van der Waals surface area (Å²) >= 11 is 0. The van der Waals surface area contributed by atoms with Crippen LogP contribution >= 0.6 is 0 Å². The SMILES string of the molecule is CC(C)S(=O)(=O)C1CCOCC1.CC(C)S(=O)(=O)C1COC1. The van der Waals surface area contributed by atoms with Crippen molar-refractivity contribution >= 4 is 19.7 Å². The summed E-state index contributed by atoms with van der Waals surface area (Å²) in [5.41, 5.74) is 0. The van der Waals surface area contributed by atoms with E-state index in [1.54, 1.807) is 27.7 Å². The predicted octanol–water partition coefficient (Wildman–Crippen LogP) is 1.20. The van der Waals surface area contributed by atoms with Gasteiger partial charge in [0.1, 0.15) is 5.25 Å². The molecule has 6 nitrogen and oxygen atoms in total. The van der Waals surface area contributed by atoms with Crippen molar-refractivity contribution in [1.82, 2.24) is 0 Å². The van der Waals surface area contributed by atoms with Gasteiger partial charge in [-0.2, -0.15) is 0 Å². The van der Waals surface area contributed by atoms with E-state index in [1.807, 2.05) is 0 Å². The number of rotatable bonds is 4. The van der Waals surface area contributed by atoms with Crippen LogP contribution in [0.1, 0.15) is 40.5 Å². The summed E-state index contributed by atoms with van der Waals surface area (Å²) in [6, 6.07) is 0. The lowest BCUT2D eigenvalue weighted by atomic mass is 10.2. The van der Waals surface area contributed by atoms with E-state index in [1.165, 1.54) is 0 Å². The zero-order valence-electron chi connectivity index (χ0n) is 13.8. The summed E-state index contributed by atoms with van der Waals surface area (Å²) in [5, 5.41) is -0.902. The van der Waals surface area contributed by atoms with Gasteiger partial charge in [-0.3, -0.25) is 0 Å². The van der Waals surface area contributed by atoms with Gasteiger partial charge < -0.3 is 9.47 Å². The molecule has 2 saturated heterocycles. The maximum Gasteiger partial charge on any atom is 0.160 e. The first-order valence-corrected chi connectivity index (χ1v) is 10.9. The van der Waals surface area contributed by atoms with Gasteiger partial charge in [0.2, 0.25) is 0 Å². The van der Waals surface area contributed by atoms with E-state index in [9.17, 15) is 16.8 Å². The lowest BCUT2D eigenvalue weighted by molar-refractivity contribution is 0.0413. The molecular weight excluding hydrogens is 328 g/mol. The molecule has 8 heteroatoms. The standard InChI is InChI=1S/C8H16O3S.C6H12O3S/c1-7(2)12(9,10)8-3-5-11-6-4-8;1-5(2)10(7,8)6-3-9-4-6/h7-8H,3-6H2,1-2H3;5-6H,3-4H2,1-2H3. The summed E-state index contributed by atoms with van der Waals surface area (Å²) in [4.78, 5) is 0. The Morgan fingerprint density at radius 3 is 1.41 bits per heavy atom. The number of ether oxygens (including phenoxy) is 2. The van der Waals surface area contributed by atoms with Crippen LogP contribution in [0.2, 0.25) is 0 Å². The molecule has 2 fully saturated rings. The van der Waals surface area contributed by atoms with Gasteiger partial charge in [0.05, 0.1) is 29.0 Å². The maximum atomic E-state index is 11.6. The largest absolute Gasteiger partial charge is 0.381 e. The van der Waals surface area contributed by atoms with Crippen molar-refractivity contribution in [2.45, 2.75) is 61.5 Å². The third kappa shape index (κ3) is 4.91. The first-order chi connectivity index (χ1) is 10.1. The molecule has 0 aromatic carbocycles. The van der Waals surface area contributed by atoms with E-state index in [2.05, 4.69) is 0 Å². The van der Waals surface area contributed by atoms with Crippen molar-refractivity contribution in [3.8, 4) is 0 Å². The first-order valence-electron chi connectivity index (χ1n) is 7.71. The average molecular weight is 357 g/mol. The third-order valence-electron chi connectivity index (χ3n) is 4.02. The molecule has 22 heavy (non-hydrogen) atoms. The van der Waals surface area contributed by atoms with E-state index in [0.717, 1.165) is 0 Å². The molecule has 0 aromatic heterocycles. The highest BCUT2D eigenvalue weighted by molar-refractivity contribution is 7.92. The number of hydrogen-bond donors (Lipinski definition) is 0. The van der Waals surface area contributed by atoms with Crippen molar-refractivity contribution in [2.24, 2.45) is 0 Å². The van der Waals surface area contributed by atoms with Crippen molar-refractivity contribution < 1.29 is 26.3 Å². The lowest BCUT2D eigenvalue weighted by Crippen LogP contribution is -2.43. The molecular formula is C14H28O6S2.